The first kappa shape index (κ1) is 12.5. The van der Waals surface area contributed by atoms with E-state index >= 15 is 0 Å². The quantitative estimate of drug-likeness (QED) is 0.765. The topological polar surface area (TPSA) is 80.4 Å². The molecule has 6 nitrogen and oxygen atoms in total. The molecule has 0 bridgehead atoms. The maximum Gasteiger partial charge on any atom is 0.122 e. The van der Waals surface area contributed by atoms with Gasteiger partial charge in [0, 0.05) is 13.2 Å². The normalized spacial score (nSPS) is 26.3. The summed E-state index contributed by atoms with van der Waals surface area (Å²) in [6.07, 6.45) is 3.05. The minimum absolute atomic E-state index is 0.297. The molecule has 2 N–H and O–H groups in total. The lowest BCUT2D eigenvalue weighted by molar-refractivity contribution is 0.0822. The zero-order valence-corrected chi connectivity index (χ0v) is 9.99. The number of hydrogen-bond acceptors (Lipinski definition) is 5. The molecule has 17 heavy (non-hydrogen) atoms. The second kappa shape index (κ2) is 5.57. The Labute approximate surface area is 100 Å². The zero-order valence-electron chi connectivity index (χ0n) is 9.99. The fourth-order valence-electron chi connectivity index (χ4n) is 2.05. The van der Waals surface area contributed by atoms with E-state index in [1.54, 1.807) is 10.9 Å². The van der Waals surface area contributed by atoms with Crippen LogP contribution in [0, 0.1) is 5.92 Å². The SMILES string of the molecule is CC1CCOC1CCn1cc([C@H](O)CO)nn1. The molecule has 1 saturated heterocycles. The van der Waals surface area contributed by atoms with Crippen LogP contribution in [0.3, 0.4) is 0 Å². The van der Waals surface area contributed by atoms with E-state index in [9.17, 15) is 5.11 Å². The highest BCUT2D eigenvalue weighted by molar-refractivity contribution is 4.96. The minimum atomic E-state index is -0.939. The van der Waals surface area contributed by atoms with Gasteiger partial charge >= 0.3 is 0 Å². The average Bonchev–Trinajstić information content (AvgIpc) is 2.94. The van der Waals surface area contributed by atoms with Crippen molar-refractivity contribution in [1.82, 2.24) is 15.0 Å². The standard InChI is InChI=1S/C11H19N3O3/c1-8-3-5-17-11(8)2-4-14-6-9(12-13-14)10(16)7-15/h6,8,10-11,15-16H,2-5,7H2,1H3/t8?,10-,11?/m1/s1. The van der Waals surface area contributed by atoms with E-state index in [1.807, 2.05) is 0 Å². The summed E-state index contributed by atoms with van der Waals surface area (Å²) in [5.74, 6) is 0.598. The van der Waals surface area contributed by atoms with Crippen LogP contribution in [0.25, 0.3) is 0 Å². The molecule has 0 spiro atoms. The highest BCUT2D eigenvalue weighted by Gasteiger charge is 2.24. The van der Waals surface area contributed by atoms with E-state index in [1.165, 1.54) is 0 Å². The van der Waals surface area contributed by atoms with Crippen LogP contribution in [0.2, 0.25) is 0 Å². The van der Waals surface area contributed by atoms with Gasteiger partial charge in [-0.25, -0.2) is 0 Å². The van der Waals surface area contributed by atoms with E-state index in [4.69, 9.17) is 9.84 Å². The van der Waals surface area contributed by atoms with Gasteiger partial charge in [0.2, 0.25) is 0 Å². The molecule has 2 heterocycles. The Kier molecular flexibility index (Phi) is 4.09. The van der Waals surface area contributed by atoms with Gasteiger partial charge in [0.25, 0.3) is 0 Å². The van der Waals surface area contributed by atoms with Crippen molar-refractivity contribution in [2.24, 2.45) is 5.92 Å². The summed E-state index contributed by atoms with van der Waals surface area (Å²) in [4.78, 5) is 0. The Morgan fingerprint density at radius 1 is 1.65 bits per heavy atom. The summed E-state index contributed by atoms with van der Waals surface area (Å²) in [5.41, 5.74) is 0.410. The molecule has 6 heteroatoms. The van der Waals surface area contributed by atoms with E-state index in [-0.39, 0.29) is 6.61 Å². The molecule has 1 aromatic rings. The summed E-state index contributed by atoms with van der Waals surface area (Å²) in [6, 6.07) is 0. The van der Waals surface area contributed by atoms with Gasteiger partial charge in [-0.2, -0.15) is 0 Å². The lowest BCUT2D eigenvalue weighted by atomic mass is 10.0. The van der Waals surface area contributed by atoms with Crippen LogP contribution >= 0.6 is 0 Å². The van der Waals surface area contributed by atoms with E-state index in [0.29, 0.717) is 17.7 Å². The van der Waals surface area contributed by atoms with Gasteiger partial charge in [0.1, 0.15) is 11.8 Å². The molecular weight excluding hydrogens is 222 g/mol. The predicted octanol–water partition coefficient (Wildman–Crippen LogP) is 0.119. The summed E-state index contributed by atoms with van der Waals surface area (Å²) < 4.78 is 7.29. The Morgan fingerprint density at radius 3 is 3.12 bits per heavy atom. The number of aliphatic hydroxyl groups excluding tert-OH is 2. The Bertz CT molecular complexity index is 355. The lowest BCUT2D eigenvalue weighted by Crippen LogP contribution is -2.16. The van der Waals surface area contributed by atoms with Crippen molar-refractivity contribution in [3.05, 3.63) is 11.9 Å². The van der Waals surface area contributed by atoms with E-state index in [2.05, 4.69) is 17.2 Å². The maximum absolute atomic E-state index is 9.37. The monoisotopic (exact) mass is 241 g/mol. The van der Waals surface area contributed by atoms with Gasteiger partial charge in [-0.15, -0.1) is 5.10 Å². The van der Waals surface area contributed by atoms with Crippen LogP contribution in [0.4, 0.5) is 0 Å². The third-order valence-electron chi connectivity index (χ3n) is 3.25. The highest BCUT2D eigenvalue weighted by Crippen LogP contribution is 2.23. The summed E-state index contributed by atoms with van der Waals surface area (Å²) in [7, 11) is 0. The third-order valence-corrected chi connectivity index (χ3v) is 3.25. The van der Waals surface area contributed by atoms with Crippen LogP contribution in [0.5, 0.6) is 0 Å². The highest BCUT2D eigenvalue weighted by atomic mass is 16.5. The first-order valence-corrected chi connectivity index (χ1v) is 6.01. The largest absolute Gasteiger partial charge is 0.393 e. The molecule has 1 aromatic heterocycles. The van der Waals surface area contributed by atoms with Crippen molar-refractivity contribution in [2.75, 3.05) is 13.2 Å². The fourth-order valence-corrected chi connectivity index (χ4v) is 2.05. The fraction of sp³-hybridized carbons (Fsp3) is 0.818. The first-order chi connectivity index (χ1) is 8.20. The molecule has 2 unspecified atom stereocenters. The molecule has 0 aliphatic carbocycles. The van der Waals surface area contributed by atoms with Crippen molar-refractivity contribution in [2.45, 2.75) is 38.5 Å². The number of hydrogen-bond donors (Lipinski definition) is 2. The maximum atomic E-state index is 9.37. The van der Waals surface area contributed by atoms with Gasteiger partial charge in [0.15, 0.2) is 0 Å². The number of nitrogens with zero attached hydrogens (tertiary/aromatic N) is 3. The molecule has 1 aliphatic heterocycles. The van der Waals surface area contributed by atoms with Gasteiger partial charge < -0.3 is 14.9 Å². The van der Waals surface area contributed by atoms with E-state index in [0.717, 1.165) is 26.0 Å². The van der Waals surface area contributed by atoms with Crippen LogP contribution in [0.15, 0.2) is 6.20 Å². The average molecular weight is 241 g/mol. The van der Waals surface area contributed by atoms with Gasteiger partial charge in [0.05, 0.1) is 18.9 Å². The molecule has 3 atom stereocenters. The van der Waals surface area contributed by atoms with Gasteiger partial charge in [-0.1, -0.05) is 12.1 Å². The second-order valence-electron chi connectivity index (χ2n) is 4.57. The van der Waals surface area contributed by atoms with Crippen LogP contribution in [-0.2, 0) is 11.3 Å². The minimum Gasteiger partial charge on any atom is -0.393 e. The second-order valence-corrected chi connectivity index (χ2v) is 4.57. The number of aromatic nitrogens is 3. The van der Waals surface area contributed by atoms with Gasteiger partial charge in [-0.3, -0.25) is 4.68 Å². The van der Waals surface area contributed by atoms with Crippen molar-refractivity contribution in [3.8, 4) is 0 Å². The summed E-state index contributed by atoms with van der Waals surface area (Å²) in [5, 5.41) is 25.9. The number of aliphatic hydroxyl groups is 2. The molecule has 1 aliphatic rings. The molecule has 2 rings (SSSR count). The van der Waals surface area contributed by atoms with Crippen molar-refractivity contribution in [3.63, 3.8) is 0 Å². The smallest absolute Gasteiger partial charge is 0.122 e. The molecule has 96 valence electrons. The third kappa shape index (κ3) is 3.02. The molecule has 1 fully saturated rings. The lowest BCUT2D eigenvalue weighted by Gasteiger charge is -2.13. The number of rotatable bonds is 5. The summed E-state index contributed by atoms with van der Waals surface area (Å²) >= 11 is 0. The van der Waals surface area contributed by atoms with Gasteiger partial charge in [-0.05, 0) is 18.8 Å². The van der Waals surface area contributed by atoms with Crippen molar-refractivity contribution >= 4 is 0 Å². The summed E-state index contributed by atoms with van der Waals surface area (Å²) in [6.45, 7) is 3.43. The molecular formula is C11H19N3O3. The van der Waals surface area contributed by atoms with Crippen LogP contribution < -0.4 is 0 Å². The van der Waals surface area contributed by atoms with Crippen LogP contribution in [0.1, 0.15) is 31.6 Å². The number of aryl methyl sites for hydroxylation is 1. The van der Waals surface area contributed by atoms with Crippen LogP contribution in [-0.4, -0.2) is 44.5 Å². The predicted molar refractivity (Wildman–Crippen MR) is 60.2 cm³/mol. The van der Waals surface area contributed by atoms with Crippen molar-refractivity contribution < 1.29 is 14.9 Å². The Morgan fingerprint density at radius 2 is 2.47 bits per heavy atom. The number of ether oxygens (including phenoxy) is 1. The first-order valence-electron chi connectivity index (χ1n) is 6.01. The Balaban J connectivity index is 1.84. The Hall–Kier alpha value is -0.980. The molecule has 0 aromatic carbocycles. The van der Waals surface area contributed by atoms with E-state index < -0.39 is 6.10 Å². The van der Waals surface area contributed by atoms with Crippen molar-refractivity contribution in [1.29, 1.82) is 0 Å². The molecule has 0 radical (unpaired) electrons. The molecule has 0 amide bonds. The zero-order chi connectivity index (χ0) is 12.3. The molecule has 0 saturated carbocycles.